The second kappa shape index (κ2) is 23.5. The van der Waals surface area contributed by atoms with E-state index in [4.69, 9.17) is 33.9 Å². The van der Waals surface area contributed by atoms with Crippen LogP contribution in [0.5, 0.6) is 28.7 Å². The van der Waals surface area contributed by atoms with Gasteiger partial charge in [-0.1, -0.05) is 12.1 Å². The summed E-state index contributed by atoms with van der Waals surface area (Å²) in [5.41, 5.74) is 3.26. The van der Waals surface area contributed by atoms with Crippen LogP contribution in [0.3, 0.4) is 0 Å². The number of ether oxygens (including phenoxy) is 5. The maximum absolute atomic E-state index is 13.8. The number of aromatic nitrogens is 6. The van der Waals surface area contributed by atoms with Crippen LogP contribution in [0.25, 0.3) is 22.1 Å². The highest BCUT2D eigenvalue weighted by Crippen LogP contribution is 2.33. The van der Waals surface area contributed by atoms with Gasteiger partial charge >= 0.3 is 18.1 Å². The van der Waals surface area contributed by atoms with E-state index in [-0.39, 0.29) is 82.2 Å². The predicted molar refractivity (Wildman–Crippen MR) is 271 cm³/mol. The van der Waals surface area contributed by atoms with Crippen LogP contribution in [0.2, 0.25) is 0 Å². The van der Waals surface area contributed by atoms with Crippen LogP contribution >= 0.6 is 0 Å². The average molecular weight is 1140 g/mol. The number of nitrogens with zero attached hydrogens (tertiary/aromatic N) is 6. The summed E-state index contributed by atoms with van der Waals surface area (Å²) < 4.78 is 147. The Morgan fingerprint density at radius 3 is 1.62 bits per heavy atom. The van der Waals surface area contributed by atoms with E-state index in [1.54, 1.807) is 43.5 Å². The molecule has 4 aromatic carbocycles. The van der Waals surface area contributed by atoms with Crippen molar-refractivity contribution < 1.29 is 81.9 Å². The fourth-order valence-electron chi connectivity index (χ4n) is 7.41. The zero-order valence-corrected chi connectivity index (χ0v) is 44.3. The molecule has 28 heteroatoms. The number of imidazole rings is 2. The quantitative estimate of drug-likeness (QED) is 0.0796. The van der Waals surface area contributed by atoms with E-state index in [1.807, 2.05) is 6.92 Å². The molecule has 2 N–H and O–H groups in total. The maximum atomic E-state index is 13.8. The number of halogens is 3. The van der Waals surface area contributed by atoms with Gasteiger partial charge in [-0.05, 0) is 99.6 Å². The Labute approximate surface area is 442 Å². The highest BCUT2D eigenvalue weighted by atomic mass is 32.2. The van der Waals surface area contributed by atoms with Gasteiger partial charge in [0.05, 0.1) is 90.6 Å². The zero-order chi connectivity index (χ0) is 56.0. The fourth-order valence-corrected chi connectivity index (χ4v) is 13.5. The first-order valence-corrected chi connectivity index (χ1v) is 27.8. The minimum Gasteiger partial charge on any atom is -0.497 e. The first kappa shape index (κ1) is 56.8. The van der Waals surface area contributed by atoms with Gasteiger partial charge in [-0.3, -0.25) is 18.4 Å². The molecule has 0 radical (unpaired) electrons. The van der Waals surface area contributed by atoms with Crippen molar-refractivity contribution in [2.75, 3.05) is 34.0 Å². The first-order chi connectivity index (χ1) is 36.4. The van der Waals surface area contributed by atoms with E-state index >= 15 is 0 Å². The fraction of sp³-hybridized carbons (Fsp3) is 0.224. The molecule has 21 nitrogen and oxygen atoms in total. The van der Waals surface area contributed by atoms with E-state index in [0.717, 1.165) is 13.5 Å². The summed E-state index contributed by atoms with van der Waals surface area (Å²) in [5, 5.41) is 17.0. The standard InChI is InChI=1S/C25H25N3O8S2.C24H20F3N3O7S2/c1-15-12-26-21(16(2)24(15)35-4)14-37(31)25-27-20-11-18(34-3)7-10-22(20)28(25)38(32,33)19-8-5-17(6-9-19)36-13-23(29)30;1-15-19(28-11-10-21(15)37-14-24(25,26)27)13-38(33)23-29-18-4-2-3-5-20(18)30(23)39(34,35)17-8-6-16(7-9-17)36-12-22(31)32/h5-12H,13-14H2,1-4H3,(H,29,30);2-11H,12-14H2,1H3,(H,31,32). The molecule has 8 aromatic rings. The van der Waals surface area contributed by atoms with Crippen LogP contribution in [0, 0.1) is 20.8 Å². The Bertz CT molecular complexity index is 3800. The van der Waals surface area contributed by atoms with Crippen LogP contribution < -0.4 is 23.7 Å². The van der Waals surface area contributed by atoms with E-state index in [0.29, 0.717) is 22.8 Å². The van der Waals surface area contributed by atoms with Crippen LogP contribution in [0.4, 0.5) is 13.2 Å². The van der Waals surface area contributed by atoms with Crippen LogP contribution in [0.1, 0.15) is 28.1 Å². The Hall–Kier alpha value is -7.95. The van der Waals surface area contributed by atoms with E-state index < -0.39 is 79.6 Å². The van der Waals surface area contributed by atoms with Gasteiger partial charge in [0.2, 0.25) is 10.3 Å². The molecule has 2 atom stereocenters. The lowest BCUT2D eigenvalue weighted by atomic mass is 10.1. The Morgan fingerprint density at radius 1 is 0.623 bits per heavy atom. The van der Waals surface area contributed by atoms with Crippen molar-refractivity contribution in [3.8, 4) is 28.7 Å². The van der Waals surface area contributed by atoms with E-state index in [1.165, 1.54) is 94.1 Å². The number of benzene rings is 4. The lowest BCUT2D eigenvalue weighted by molar-refractivity contribution is -0.153. The Balaban J connectivity index is 0.000000224. The average Bonchev–Trinajstić information content (AvgIpc) is 4.05. The molecule has 4 heterocycles. The third-order valence-electron chi connectivity index (χ3n) is 11.1. The van der Waals surface area contributed by atoms with Crippen molar-refractivity contribution in [3.63, 3.8) is 0 Å². The smallest absolute Gasteiger partial charge is 0.422 e. The van der Waals surface area contributed by atoms with Gasteiger partial charge in [-0.2, -0.15) is 13.2 Å². The van der Waals surface area contributed by atoms with Crippen molar-refractivity contribution >= 4 is 75.7 Å². The molecule has 0 aliphatic rings. The SMILES string of the molecule is COc1ccc2c(c1)nc(S(=O)Cc1ncc(C)c(OC)c1C)n2S(=O)(=O)c1ccc(OCC(=O)O)cc1.Cc1c(OCC(F)(F)F)ccnc1CS(=O)c1nc2ccccc2n1S(=O)(=O)c1ccc(OCC(=O)O)cc1. The summed E-state index contributed by atoms with van der Waals surface area (Å²) in [4.78, 5) is 38.3. The van der Waals surface area contributed by atoms with Crippen molar-refractivity contribution in [2.24, 2.45) is 0 Å². The summed E-state index contributed by atoms with van der Waals surface area (Å²) in [5.74, 6) is -1.52. The molecule has 0 amide bonds. The monoisotopic (exact) mass is 1140 g/mol. The molecule has 0 saturated heterocycles. The summed E-state index contributed by atoms with van der Waals surface area (Å²) in [6.07, 6.45) is -1.74. The number of hydrogen-bond donors (Lipinski definition) is 2. The van der Waals surface area contributed by atoms with E-state index in [9.17, 15) is 48.0 Å². The van der Waals surface area contributed by atoms with Crippen LogP contribution in [0.15, 0.2) is 130 Å². The highest BCUT2D eigenvalue weighted by molar-refractivity contribution is 7.91. The number of carboxylic acid groups (broad SMARTS) is 2. The number of para-hydroxylation sites is 2. The number of pyridine rings is 2. The van der Waals surface area contributed by atoms with Crippen molar-refractivity contribution in [3.05, 3.63) is 138 Å². The number of methoxy groups -OCH3 is 2. The number of hydrogen-bond acceptors (Lipinski definition) is 17. The van der Waals surface area contributed by atoms with E-state index in [2.05, 4.69) is 19.9 Å². The summed E-state index contributed by atoms with van der Waals surface area (Å²) >= 11 is 0. The number of alkyl halides is 3. The second-order valence-corrected chi connectivity index (χ2v) is 22.6. The molecule has 77 heavy (non-hydrogen) atoms. The molecule has 4 aromatic heterocycles. The largest absolute Gasteiger partial charge is 0.497 e. The minimum absolute atomic E-state index is 0.0966. The van der Waals surface area contributed by atoms with Crippen molar-refractivity contribution in [1.29, 1.82) is 0 Å². The number of rotatable bonds is 20. The molecule has 0 bridgehead atoms. The van der Waals surface area contributed by atoms with Crippen LogP contribution in [-0.4, -0.2) is 116 Å². The van der Waals surface area contributed by atoms with Gasteiger partial charge in [0.25, 0.3) is 20.0 Å². The molecular formula is C49H45F3N6O15S4. The predicted octanol–water partition coefficient (Wildman–Crippen LogP) is 6.76. The summed E-state index contributed by atoms with van der Waals surface area (Å²) in [6, 6.07) is 22.4. The summed E-state index contributed by atoms with van der Waals surface area (Å²) in [6.45, 7) is 2.39. The molecule has 406 valence electrons. The second-order valence-electron chi connectivity index (χ2n) is 16.3. The van der Waals surface area contributed by atoms with Gasteiger partial charge < -0.3 is 33.9 Å². The third kappa shape index (κ3) is 13.0. The number of aliphatic carboxylic acids is 2. The third-order valence-corrected chi connectivity index (χ3v) is 17.2. The molecule has 2 unspecified atom stereocenters. The topological polar surface area (TPSA) is 285 Å². The lowest BCUT2D eigenvalue weighted by Crippen LogP contribution is -2.20. The molecule has 0 saturated carbocycles. The van der Waals surface area contributed by atoms with Crippen molar-refractivity contribution in [1.82, 2.24) is 27.9 Å². The lowest BCUT2D eigenvalue weighted by Gasteiger charge is -2.14. The van der Waals surface area contributed by atoms with Gasteiger partial charge in [0.15, 0.2) is 19.8 Å². The molecular weight excluding hydrogens is 1100 g/mol. The number of carbonyl (C=O) groups is 2. The van der Waals surface area contributed by atoms with Gasteiger partial charge in [-0.25, -0.2) is 44.3 Å². The highest BCUT2D eigenvalue weighted by Gasteiger charge is 2.32. The molecule has 0 aliphatic heterocycles. The van der Waals surface area contributed by atoms with Gasteiger partial charge in [-0.15, -0.1) is 0 Å². The summed E-state index contributed by atoms with van der Waals surface area (Å²) in [7, 11) is -9.67. The molecule has 0 fully saturated rings. The molecule has 0 aliphatic carbocycles. The molecule has 0 spiro atoms. The van der Waals surface area contributed by atoms with Crippen LogP contribution in [-0.2, 0) is 62.7 Å². The van der Waals surface area contributed by atoms with Gasteiger partial charge in [0.1, 0.15) is 28.7 Å². The normalized spacial score (nSPS) is 12.6. The molecule has 8 rings (SSSR count). The number of carboxylic acids is 2. The maximum Gasteiger partial charge on any atom is 0.422 e. The van der Waals surface area contributed by atoms with Crippen molar-refractivity contribution in [2.45, 2.75) is 58.6 Å². The first-order valence-electron chi connectivity index (χ1n) is 22.3. The zero-order valence-electron chi connectivity index (χ0n) is 41.1. The minimum atomic E-state index is -4.56. The Morgan fingerprint density at radius 2 is 1.12 bits per heavy atom. The number of fused-ring (bicyclic) bond motifs is 2. The number of aryl methyl sites for hydroxylation is 1. The Kier molecular flexibility index (Phi) is 17.3. The van der Waals surface area contributed by atoms with Gasteiger partial charge in [0, 0.05) is 35.2 Å².